The molecule has 0 aromatic rings. The van der Waals surface area contributed by atoms with Crippen molar-refractivity contribution >= 4 is 41.2 Å². The van der Waals surface area contributed by atoms with Crippen molar-refractivity contribution in [3.63, 3.8) is 0 Å². The lowest BCUT2D eigenvalue weighted by atomic mass is 10.1. The molecule has 0 aliphatic heterocycles. The third-order valence-electron chi connectivity index (χ3n) is 6.45. The van der Waals surface area contributed by atoms with E-state index in [4.69, 9.17) is 10.8 Å². The molecule has 3 amide bonds. The molecule has 12 nitrogen and oxygen atoms in total. The summed E-state index contributed by atoms with van der Waals surface area (Å²) in [7, 11) is 0. The molecule has 0 aromatic carbocycles. The predicted molar refractivity (Wildman–Crippen MR) is 168 cm³/mol. The lowest BCUT2D eigenvalue weighted by Crippen LogP contribution is -2.49. The Labute approximate surface area is 256 Å². The number of ketones is 1. The maximum absolute atomic E-state index is 12.6. The average Bonchev–Trinajstić information content (AvgIpc) is 2.94. The molecule has 0 aliphatic carbocycles. The van der Waals surface area contributed by atoms with Crippen molar-refractivity contribution in [3.05, 3.63) is 0 Å². The molecular formula is C29H56N6O6S. The first-order valence-corrected chi connectivity index (χ1v) is 16.6. The number of unbranched alkanes of at least 4 members (excludes halogenated alkanes) is 7. The Morgan fingerprint density at radius 3 is 2.00 bits per heavy atom. The molecule has 2 atom stereocenters. The number of carbonyl (C=O) groups excluding carboxylic acids is 4. The zero-order valence-electron chi connectivity index (χ0n) is 25.8. The van der Waals surface area contributed by atoms with Crippen molar-refractivity contribution < 1.29 is 29.1 Å². The Morgan fingerprint density at radius 1 is 0.762 bits per heavy atom. The van der Waals surface area contributed by atoms with Crippen molar-refractivity contribution in [2.45, 2.75) is 90.5 Å². The van der Waals surface area contributed by atoms with Crippen LogP contribution < -0.4 is 32.3 Å². The van der Waals surface area contributed by atoms with Crippen LogP contribution in [-0.4, -0.2) is 97.9 Å². The van der Waals surface area contributed by atoms with Gasteiger partial charge in [0.2, 0.25) is 17.7 Å². The fraction of sp³-hybridized carbons (Fsp3) is 0.828. The van der Waals surface area contributed by atoms with E-state index in [2.05, 4.69) is 26.6 Å². The maximum atomic E-state index is 12.6. The van der Waals surface area contributed by atoms with Gasteiger partial charge in [-0.25, -0.2) is 0 Å². The fourth-order valence-corrected chi connectivity index (χ4v) is 4.95. The third-order valence-corrected chi connectivity index (χ3v) is 7.80. The number of thioether (sulfide) groups is 1. The standard InChI is InChI=1S/C29H56N6O6S/c1-23(21-42-22-24(2)36)28(40)34-19-18-31-16-17-32-20-26(37)35-25(12-11-14-30)29(41)33-15-10-8-6-4-3-5-7-9-13-27(38)39/h23,25,31-32H,3-22,30H2,1-2H3,(H,33,41)(H,34,40)(H,35,37)(H,38,39)/t23-,25-/m0/s1. The van der Waals surface area contributed by atoms with Crippen LogP contribution in [0.4, 0.5) is 0 Å². The summed E-state index contributed by atoms with van der Waals surface area (Å²) in [5.41, 5.74) is 5.61. The van der Waals surface area contributed by atoms with Crippen LogP contribution in [0.3, 0.4) is 0 Å². The Kier molecular flexibility index (Phi) is 26.1. The van der Waals surface area contributed by atoms with Gasteiger partial charge in [-0.15, -0.1) is 0 Å². The van der Waals surface area contributed by atoms with E-state index in [1.54, 1.807) is 0 Å². The number of carbonyl (C=O) groups is 5. The second-order valence-corrected chi connectivity index (χ2v) is 11.7. The zero-order chi connectivity index (χ0) is 31.4. The van der Waals surface area contributed by atoms with E-state index in [-0.39, 0.29) is 42.4 Å². The minimum Gasteiger partial charge on any atom is -0.481 e. The van der Waals surface area contributed by atoms with E-state index in [9.17, 15) is 24.0 Å². The lowest BCUT2D eigenvalue weighted by Gasteiger charge is -2.18. The summed E-state index contributed by atoms with van der Waals surface area (Å²) in [4.78, 5) is 58.5. The highest BCUT2D eigenvalue weighted by atomic mass is 32.2. The van der Waals surface area contributed by atoms with Gasteiger partial charge in [0.1, 0.15) is 11.8 Å². The molecular weight excluding hydrogens is 560 g/mol. The number of nitrogens with one attached hydrogen (secondary N) is 5. The highest BCUT2D eigenvalue weighted by molar-refractivity contribution is 7.99. The Hall–Kier alpha value is -2.22. The van der Waals surface area contributed by atoms with Crippen LogP contribution >= 0.6 is 11.8 Å². The molecule has 0 heterocycles. The van der Waals surface area contributed by atoms with E-state index in [0.717, 1.165) is 51.4 Å². The highest BCUT2D eigenvalue weighted by Gasteiger charge is 2.19. The first-order valence-electron chi connectivity index (χ1n) is 15.4. The Balaban J connectivity index is 3.93. The number of hydrogen-bond donors (Lipinski definition) is 7. The van der Waals surface area contributed by atoms with Crippen LogP contribution in [-0.2, 0) is 24.0 Å². The number of aliphatic carboxylic acids is 1. The summed E-state index contributed by atoms with van der Waals surface area (Å²) in [6, 6.07) is -0.612. The van der Waals surface area contributed by atoms with Gasteiger partial charge >= 0.3 is 5.97 Å². The number of carboxylic acids is 1. The summed E-state index contributed by atoms with van der Waals surface area (Å²) in [5.74, 6) is -0.221. The van der Waals surface area contributed by atoms with Crippen molar-refractivity contribution in [1.29, 1.82) is 0 Å². The predicted octanol–water partition coefficient (Wildman–Crippen LogP) is 1.18. The van der Waals surface area contributed by atoms with Crippen molar-refractivity contribution in [2.75, 3.05) is 57.3 Å². The van der Waals surface area contributed by atoms with Gasteiger partial charge in [-0.1, -0.05) is 45.4 Å². The molecule has 0 saturated heterocycles. The van der Waals surface area contributed by atoms with E-state index < -0.39 is 12.0 Å². The Morgan fingerprint density at radius 2 is 1.36 bits per heavy atom. The molecule has 0 unspecified atom stereocenters. The van der Waals surface area contributed by atoms with Gasteiger partial charge in [0.15, 0.2) is 0 Å². The molecule has 0 bridgehead atoms. The van der Waals surface area contributed by atoms with Gasteiger partial charge in [0.25, 0.3) is 0 Å². The fourth-order valence-electron chi connectivity index (χ4n) is 4.04. The molecule has 13 heteroatoms. The number of hydrogen-bond acceptors (Lipinski definition) is 9. The van der Waals surface area contributed by atoms with Gasteiger partial charge in [-0.2, -0.15) is 11.8 Å². The van der Waals surface area contributed by atoms with Crippen LogP contribution in [0.2, 0.25) is 0 Å². The van der Waals surface area contributed by atoms with Crippen LogP contribution in [0, 0.1) is 5.92 Å². The van der Waals surface area contributed by atoms with E-state index in [0.29, 0.717) is 63.6 Å². The first-order chi connectivity index (χ1) is 20.2. The number of rotatable bonds is 29. The third kappa shape index (κ3) is 25.5. The smallest absolute Gasteiger partial charge is 0.303 e. The number of Topliss-reactive ketones (excluding diaryl/α,β-unsaturated/α-hetero) is 1. The molecule has 0 spiro atoms. The van der Waals surface area contributed by atoms with Crippen LogP contribution in [0.5, 0.6) is 0 Å². The van der Waals surface area contributed by atoms with Crippen molar-refractivity contribution in [2.24, 2.45) is 11.7 Å². The molecule has 8 N–H and O–H groups in total. The molecule has 0 radical (unpaired) electrons. The molecule has 42 heavy (non-hydrogen) atoms. The molecule has 0 aliphatic rings. The molecule has 0 aromatic heterocycles. The minimum atomic E-state index is -0.733. The quantitative estimate of drug-likeness (QED) is 0.0600. The van der Waals surface area contributed by atoms with E-state index in [1.807, 2.05) is 6.92 Å². The molecule has 0 fully saturated rings. The monoisotopic (exact) mass is 616 g/mol. The number of nitrogens with two attached hydrogens (primary N) is 1. The number of carboxylic acid groups (broad SMARTS) is 1. The van der Waals surface area contributed by atoms with Crippen LogP contribution in [0.1, 0.15) is 84.5 Å². The van der Waals surface area contributed by atoms with E-state index >= 15 is 0 Å². The van der Waals surface area contributed by atoms with Crippen LogP contribution in [0.25, 0.3) is 0 Å². The van der Waals surface area contributed by atoms with Gasteiger partial charge < -0.3 is 37.4 Å². The largest absolute Gasteiger partial charge is 0.481 e. The van der Waals surface area contributed by atoms with Gasteiger partial charge in [-0.3, -0.25) is 24.0 Å². The second-order valence-electron chi connectivity index (χ2n) is 10.7. The first kappa shape index (κ1) is 39.8. The van der Waals surface area contributed by atoms with Crippen LogP contribution in [0.15, 0.2) is 0 Å². The normalized spacial score (nSPS) is 12.4. The Bertz CT molecular complexity index is 773. The molecule has 0 rings (SSSR count). The molecule has 244 valence electrons. The molecule has 0 saturated carbocycles. The summed E-state index contributed by atoms with van der Waals surface area (Å²) < 4.78 is 0. The van der Waals surface area contributed by atoms with Gasteiger partial charge in [0, 0.05) is 50.8 Å². The zero-order valence-corrected chi connectivity index (χ0v) is 26.6. The van der Waals surface area contributed by atoms with E-state index in [1.165, 1.54) is 18.7 Å². The summed E-state index contributed by atoms with van der Waals surface area (Å²) in [6.45, 7) is 6.75. The number of amides is 3. The van der Waals surface area contributed by atoms with Crippen molar-refractivity contribution in [3.8, 4) is 0 Å². The van der Waals surface area contributed by atoms with Gasteiger partial charge in [0.05, 0.1) is 12.3 Å². The average molecular weight is 617 g/mol. The topological polar surface area (TPSA) is 192 Å². The maximum Gasteiger partial charge on any atom is 0.303 e. The SMILES string of the molecule is CC(=O)CSC[C@H](C)C(=O)NCCNCCNCC(=O)N[C@@H](CCCN)C(=O)NCCCCCCCCCCC(=O)O. The summed E-state index contributed by atoms with van der Waals surface area (Å²) in [6.07, 6.45) is 9.30. The lowest BCUT2D eigenvalue weighted by molar-refractivity contribution is -0.137. The summed E-state index contributed by atoms with van der Waals surface area (Å²) >= 11 is 1.46. The minimum absolute atomic E-state index is 0.0332. The van der Waals surface area contributed by atoms with Crippen molar-refractivity contribution in [1.82, 2.24) is 26.6 Å². The summed E-state index contributed by atoms with van der Waals surface area (Å²) in [5, 5.41) is 23.5. The highest BCUT2D eigenvalue weighted by Crippen LogP contribution is 2.10. The second kappa shape index (κ2) is 27.6. The van der Waals surface area contributed by atoms with Gasteiger partial charge in [-0.05, 0) is 39.2 Å².